The van der Waals surface area contributed by atoms with Crippen LogP contribution in [0.3, 0.4) is 0 Å². The van der Waals surface area contributed by atoms with Crippen molar-refractivity contribution >= 4 is 6.21 Å². The van der Waals surface area contributed by atoms with E-state index in [1.165, 1.54) is 64.2 Å². The maximum absolute atomic E-state index is 9.62. The van der Waals surface area contributed by atoms with Gasteiger partial charge in [-0.1, -0.05) is 76.8 Å². The van der Waals surface area contributed by atoms with Crippen LogP contribution in [0.25, 0.3) is 0 Å². The minimum atomic E-state index is 0.291. The number of unbranched alkanes of at least 4 members (excludes halogenated alkanes) is 9. The van der Waals surface area contributed by atoms with Crippen molar-refractivity contribution in [1.29, 1.82) is 0 Å². The average molecular weight is 333 g/mol. The number of para-hydroxylation sites is 1. The van der Waals surface area contributed by atoms with Crippen LogP contribution in [0.5, 0.6) is 5.75 Å². The van der Waals surface area contributed by atoms with Crippen LogP contribution in [0.15, 0.2) is 29.3 Å². The van der Waals surface area contributed by atoms with Crippen molar-refractivity contribution in [2.24, 2.45) is 4.99 Å². The number of rotatable bonds is 15. The molecule has 0 spiro atoms. The second kappa shape index (κ2) is 15.2. The lowest BCUT2D eigenvalue weighted by Gasteiger charge is -2.04. The largest absolute Gasteiger partial charge is 0.507 e. The summed E-state index contributed by atoms with van der Waals surface area (Å²) < 4.78 is 0. The Morgan fingerprint density at radius 2 is 1.50 bits per heavy atom. The summed E-state index contributed by atoms with van der Waals surface area (Å²) in [5.74, 6) is 0.291. The van der Waals surface area contributed by atoms with E-state index >= 15 is 0 Å². The molecule has 0 bridgehead atoms. The molecule has 0 amide bonds. The van der Waals surface area contributed by atoms with Gasteiger partial charge in [0.25, 0.3) is 0 Å². The van der Waals surface area contributed by atoms with Gasteiger partial charge in [-0.2, -0.15) is 0 Å². The standard InChI is InChI=1S/C21H36N2O/c1-2-3-4-5-6-7-8-9-10-13-16-22-17-18-23-19-20-14-11-12-15-21(20)24/h11-12,14-15,19,22,24H,2-10,13,16-18H2,1H3. The normalized spacial score (nSPS) is 11.4. The molecule has 136 valence electrons. The molecule has 24 heavy (non-hydrogen) atoms. The van der Waals surface area contributed by atoms with Gasteiger partial charge >= 0.3 is 0 Å². The van der Waals surface area contributed by atoms with E-state index in [0.29, 0.717) is 5.75 Å². The van der Waals surface area contributed by atoms with Crippen molar-refractivity contribution in [2.45, 2.75) is 71.1 Å². The van der Waals surface area contributed by atoms with Gasteiger partial charge < -0.3 is 10.4 Å². The van der Waals surface area contributed by atoms with Crippen LogP contribution in [0.2, 0.25) is 0 Å². The first-order valence-corrected chi connectivity index (χ1v) is 9.83. The number of phenolic OH excluding ortho intramolecular Hbond substituents is 1. The van der Waals surface area contributed by atoms with Gasteiger partial charge in [0, 0.05) is 18.3 Å². The topological polar surface area (TPSA) is 44.6 Å². The van der Waals surface area contributed by atoms with Gasteiger partial charge in [0.2, 0.25) is 0 Å². The van der Waals surface area contributed by atoms with Crippen molar-refractivity contribution in [3.05, 3.63) is 29.8 Å². The molecule has 0 aliphatic rings. The highest BCUT2D eigenvalue weighted by molar-refractivity contribution is 5.83. The number of nitrogens with zero attached hydrogens (tertiary/aromatic N) is 1. The van der Waals surface area contributed by atoms with Crippen LogP contribution in [0.1, 0.15) is 76.7 Å². The van der Waals surface area contributed by atoms with Crippen LogP contribution < -0.4 is 5.32 Å². The third-order valence-electron chi connectivity index (χ3n) is 4.29. The van der Waals surface area contributed by atoms with E-state index in [-0.39, 0.29) is 0 Å². The fourth-order valence-corrected chi connectivity index (χ4v) is 2.77. The van der Waals surface area contributed by atoms with E-state index in [0.717, 1.165) is 25.2 Å². The third-order valence-corrected chi connectivity index (χ3v) is 4.29. The van der Waals surface area contributed by atoms with Crippen LogP contribution in [-0.2, 0) is 0 Å². The van der Waals surface area contributed by atoms with Gasteiger partial charge in [0.15, 0.2) is 0 Å². The Labute approximate surface area is 148 Å². The van der Waals surface area contributed by atoms with E-state index in [9.17, 15) is 5.11 Å². The number of aliphatic imine (C=N–C) groups is 1. The van der Waals surface area contributed by atoms with Crippen LogP contribution >= 0.6 is 0 Å². The predicted molar refractivity (Wildman–Crippen MR) is 105 cm³/mol. The molecular weight excluding hydrogens is 296 g/mol. The maximum Gasteiger partial charge on any atom is 0.124 e. The summed E-state index contributed by atoms with van der Waals surface area (Å²) in [4.78, 5) is 4.34. The molecule has 0 saturated carbocycles. The molecule has 0 aliphatic heterocycles. The molecule has 1 rings (SSSR count). The monoisotopic (exact) mass is 332 g/mol. The molecular formula is C21H36N2O. The van der Waals surface area contributed by atoms with Crippen molar-refractivity contribution < 1.29 is 5.11 Å². The van der Waals surface area contributed by atoms with Gasteiger partial charge in [-0.05, 0) is 25.1 Å². The summed E-state index contributed by atoms with van der Waals surface area (Å²) in [6, 6.07) is 7.28. The molecule has 0 saturated heterocycles. The molecule has 3 nitrogen and oxygen atoms in total. The highest BCUT2D eigenvalue weighted by Crippen LogP contribution is 2.12. The molecule has 0 unspecified atom stereocenters. The van der Waals surface area contributed by atoms with E-state index in [4.69, 9.17) is 0 Å². The summed E-state index contributed by atoms with van der Waals surface area (Å²) in [5, 5.41) is 13.1. The van der Waals surface area contributed by atoms with Gasteiger partial charge in [-0.25, -0.2) is 0 Å². The number of nitrogens with one attached hydrogen (secondary N) is 1. The molecule has 2 N–H and O–H groups in total. The summed E-state index contributed by atoms with van der Waals surface area (Å²) >= 11 is 0. The van der Waals surface area contributed by atoms with E-state index in [1.54, 1.807) is 12.3 Å². The van der Waals surface area contributed by atoms with Gasteiger partial charge in [-0.15, -0.1) is 0 Å². The Morgan fingerprint density at radius 3 is 2.17 bits per heavy atom. The Balaban J connectivity index is 1.83. The average Bonchev–Trinajstić information content (AvgIpc) is 2.60. The zero-order valence-electron chi connectivity index (χ0n) is 15.5. The SMILES string of the molecule is CCCCCCCCCCCCNCCN=Cc1ccccc1O. The smallest absolute Gasteiger partial charge is 0.124 e. The van der Waals surface area contributed by atoms with Gasteiger partial charge in [0.1, 0.15) is 5.75 Å². The minimum Gasteiger partial charge on any atom is -0.507 e. The fourth-order valence-electron chi connectivity index (χ4n) is 2.77. The van der Waals surface area contributed by atoms with Crippen molar-refractivity contribution in [3.63, 3.8) is 0 Å². The second-order valence-electron chi connectivity index (χ2n) is 6.53. The quantitative estimate of drug-likeness (QED) is 0.337. The number of phenols is 1. The highest BCUT2D eigenvalue weighted by Gasteiger charge is 1.95. The fraction of sp³-hybridized carbons (Fsp3) is 0.667. The van der Waals surface area contributed by atoms with E-state index in [2.05, 4.69) is 17.2 Å². The molecule has 0 atom stereocenters. The first-order valence-electron chi connectivity index (χ1n) is 9.83. The van der Waals surface area contributed by atoms with Crippen LogP contribution in [0, 0.1) is 0 Å². The number of benzene rings is 1. The van der Waals surface area contributed by atoms with Crippen molar-refractivity contribution in [2.75, 3.05) is 19.6 Å². The zero-order chi connectivity index (χ0) is 17.3. The molecule has 3 heteroatoms. The van der Waals surface area contributed by atoms with Gasteiger partial charge in [0.05, 0.1) is 6.54 Å². The Morgan fingerprint density at radius 1 is 0.875 bits per heavy atom. The lowest BCUT2D eigenvalue weighted by atomic mass is 10.1. The van der Waals surface area contributed by atoms with Crippen molar-refractivity contribution in [1.82, 2.24) is 5.32 Å². The maximum atomic E-state index is 9.62. The lowest BCUT2D eigenvalue weighted by molar-refractivity contribution is 0.474. The highest BCUT2D eigenvalue weighted by atomic mass is 16.3. The van der Waals surface area contributed by atoms with E-state index < -0.39 is 0 Å². The molecule has 0 radical (unpaired) electrons. The van der Waals surface area contributed by atoms with Crippen LogP contribution in [0.4, 0.5) is 0 Å². The number of hydrogen-bond donors (Lipinski definition) is 2. The molecule has 1 aromatic carbocycles. The third kappa shape index (κ3) is 11.2. The Hall–Kier alpha value is -1.35. The lowest BCUT2D eigenvalue weighted by Crippen LogP contribution is -2.18. The summed E-state index contributed by atoms with van der Waals surface area (Å²) in [6.07, 6.45) is 15.6. The zero-order valence-corrected chi connectivity index (χ0v) is 15.5. The first-order chi connectivity index (χ1) is 11.8. The molecule has 0 fully saturated rings. The number of hydrogen-bond acceptors (Lipinski definition) is 3. The number of aromatic hydroxyl groups is 1. The molecule has 0 aliphatic carbocycles. The summed E-state index contributed by atoms with van der Waals surface area (Å²) in [6.45, 7) is 5.02. The molecule has 0 aromatic heterocycles. The minimum absolute atomic E-state index is 0.291. The second-order valence-corrected chi connectivity index (χ2v) is 6.53. The van der Waals surface area contributed by atoms with Crippen molar-refractivity contribution in [3.8, 4) is 5.75 Å². The summed E-state index contributed by atoms with van der Waals surface area (Å²) in [7, 11) is 0. The first kappa shape index (κ1) is 20.7. The Bertz CT molecular complexity index is 432. The van der Waals surface area contributed by atoms with E-state index in [1.807, 2.05) is 18.2 Å². The predicted octanol–water partition coefficient (Wildman–Crippen LogP) is 5.32. The Kier molecular flexibility index (Phi) is 13.1. The molecule has 1 aromatic rings. The summed E-state index contributed by atoms with van der Waals surface area (Å²) in [5.41, 5.74) is 0.784. The van der Waals surface area contributed by atoms with Crippen LogP contribution in [-0.4, -0.2) is 31.0 Å². The molecule has 0 heterocycles. The van der Waals surface area contributed by atoms with Gasteiger partial charge in [-0.3, -0.25) is 4.99 Å².